The Hall–Kier alpha value is -3.68. The van der Waals surface area contributed by atoms with Gasteiger partial charge in [0.25, 0.3) is 5.91 Å². The van der Waals surface area contributed by atoms with E-state index in [1.165, 1.54) is 17.0 Å². The van der Waals surface area contributed by atoms with Crippen molar-refractivity contribution >= 4 is 23.9 Å². The number of aromatic carboxylic acids is 1. The molecule has 2 atom stereocenters. The van der Waals surface area contributed by atoms with E-state index in [0.29, 0.717) is 12.0 Å². The third-order valence-electron chi connectivity index (χ3n) is 5.71. The number of carbonyl (C=O) groups excluding carboxylic acids is 2. The summed E-state index contributed by atoms with van der Waals surface area (Å²) in [6.07, 6.45) is -0.362. The molecule has 3 rings (SSSR count). The lowest BCUT2D eigenvalue weighted by Gasteiger charge is -2.30. The van der Waals surface area contributed by atoms with Gasteiger partial charge in [-0.1, -0.05) is 56.3 Å². The van der Waals surface area contributed by atoms with E-state index in [-0.39, 0.29) is 23.3 Å². The predicted molar refractivity (Wildman–Crippen MR) is 133 cm³/mol. The summed E-state index contributed by atoms with van der Waals surface area (Å²) >= 11 is 0. The smallest absolute Gasteiger partial charge is 0.437 e. The van der Waals surface area contributed by atoms with Crippen molar-refractivity contribution in [2.24, 2.45) is 10.9 Å². The minimum absolute atomic E-state index is 0.0713. The highest BCUT2D eigenvalue weighted by Crippen LogP contribution is 2.39. The normalized spacial score (nSPS) is 20.1. The zero-order valence-electron chi connectivity index (χ0n) is 21.0. The van der Waals surface area contributed by atoms with Crippen LogP contribution in [0.1, 0.15) is 75.5 Å². The average Bonchev–Trinajstić information content (AvgIpc) is 3.03. The van der Waals surface area contributed by atoms with E-state index >= 15 is 0 Å². The van der Waals surface area contributed by atoms with Crippen molar-refractivity contribution in [3.05, 3.63) is 71.3 Å². The molecular formula is C27H33N3O5. The van der Waals surface area contributed by atoms with Gasteiger partial charge in [0.1, 0.15) is 11.1 Å². The van der Waals surface area contributed by atoms with Crippen molar-refractivity contribution in [3.8, 4) is 0 Å². The van der Waals surface area contributed by atoms with Crippen LogP contribution >= 0.6 is 0 Å². The number of nitrogens with one attached hydrogen (secondary N) is 1. The third kappa shape index (κ3) is 5.70. The average molecular weight is 480 g/mol. The third-order valence-corrected chi connectivity index (χ3v) is 5.71. The lowest BCUT2D eigenvalue weighted by molar-refractivity contribution is -0.133. The van der Waals surface area contributed by atoms with Crippen LogP contribution in [0, 0.1) is 5.92 Å². The number of carbonyl (C=O) groups is 3. The Kier molecular flexibility index (Phi) is 7.33. The molecule has 8 heteroatoms. The highest BCUT2D eigenvalue weighted by Gasteiger charge is 2.53. The Labute approximate surface area is 206 Å². The molecule has 0 spiro atoms. The summed E-state index contributed by atoms with van der Waals surface area (Å²) in [5.41, 5.74) is -0.439. The number of guanidine groups is 1. The molecule has 0 aromatic heterocycles. The number of amides is 2. The Morgan fingerprint density at radius 1 is 1.09 bits per heavy atom. The molecule has 8 nitrogen and oxygen atoms in total. The molecule has 35 heavy (non-hydrogen) atoms. The molecule has 1 saturated heterocycles. The van der Waals surface area contributed by atoms with Gasteiger partial charge in [-0.3, -0.25) is 9.69 Å². The van der Waals surface area contributed by atoms with Gasteiger partial charge >= 0.3 is 12.1 Å². The van der Waals surface area contributed by atoms with Crippen LogP contribution in [0.2, 0.25) is 0 Å². The number of carboxylic acids is 1. The van der Waals surface area contributed by atoms with Gasteiger partial charge in [0.2, 0.25) is 5.96 Å². The molecule has 0 bridgehead atoms. The van der Waals surface area contributed by atoms with Crippen LogP contribution in [0.15, 0.2) is 59.6 Å². The molecule has 1 unspecified atom stereocenters. The van der Waals surface area contributed by atoms with Crippen LogP contribution in [0.5, 0.6) is 0 Å². The van der Waals surface area contributed by atoms with Gasteiger partial charge in [-0.2, -0.15) is 0 Å². The molecule has 1 heterocycles. The van der Waals surface area contributed by atoms with Crippen molar-refractivity contribution in [1.29, 1.82) is 0 Å². The lowest BCUT2D eigenvalue weighted by atomic mass is 9.82. The molecule has 2 aromatic rings. The van der Waals surface area contributed by atoms with Gasteiger partial charge in [0.05, 0.1) is 11.6 Å². The van der Waals surface area contributed by atoms with Gasteiger partial charge in [-0.15, -0.1) is 4.99 Å². The van der Waals surface area contributed by atoms with Crippen molar-refractivity contribution in [1.82, 2.24) is 10.2 Å². The van der Waals surface area contributed by atoms with E-state index in [4.69, 9.17) is 4.74 Å². The number of rotatable bonds is 6. The summed E-state index contributed by atoms with van der Waals surface area (Å²) < 4.78 is 5.39. The monoisotopic (exact) mass is 479 g/mol. The second kappa shape index (κ2) is 9.90. The summed E-state index contributed by atoms with van der Waals surface area (Å²) in [7, 11) is 0. The molecule has 2 aromatic carbocycles. The van der Waals surface area contributed by atoms with Crippen LogP contribution in [-0.4, -0.2) is 39.5 Å². The first-order valence-corrected chi connectivity index (χ1v) is 11.7. The second-order valence-corrected chi connectivity index (χ2v) is 10.2. The van der Waals surface area contributed by atoms with E-state index in [1.54, 1.807) is 39.8 Å². The van der Waals surface area contributed by atoms with Crippen LogP contribution in [0.3, 0.4) is 0 Å². The topological polar surface area (TPSA) is 108 Å². The standard InChI is InChI=1S/C27H33N3O5/c1-17(2)16-27(21-13-8-7-9-14-21)23(33)30(24(29-27)28-25(34)35-26(4,5)6)18(3)19-11-10-12-20(15-19)22(31)32/h7-15,17-18H,16H2,1-6H3,(H,31,32)(H,28,29,34)/t18-,27?/m1/s1. The number of carboxylic acid groups (broad SMARTS) is 1. The highest BCUT2D eigenvalue weighted by molar-refractivity contribution is 6.11. The number of ether oxygens (including phenoxy) is 1. The zero-order chi connectivity index (χ0) is 26.0. The quantitative estimate of drug-likeness (QED) is 0.596. The van der Waals surface area contributed by atoms with E-state index < -0.39 is 29.2 Å². The van der Waals surface area contributed by atoms with E-state index in [1.807, 2.05) is 44.2 Å². The summed E-state index contributed by atoms with van der Waals surface area (Å²) in [6.45, 7) is 11.0. The van der Waals surface area contributed by atoms with E-state index in [2.05, 4.69) is 10.3 Å². The SMILES string of the molecule is CC(C)CC1(c2ccccc2)NC(=NC(=O)OC(C)(C)C)N([C@H](C)c2cccc(C(=O)O)c2)C1=O. The summed E-state index contributed by atoms with van der Waals surface area (Å²) in [5.74, 6) is -1.12. The molecular weight excluding hydrogens is 446 g/mol. The Morgan fingerprint density at radius 3 is 2.31 bits per heavy atom. The minimum Gasteiger partial charge on any atom is -0.478 e. The second-order valence-electron chi connectivity index (χ2n) is 10.2. The molecule has 0 saturated carbocycles. The predicted octanol–water partition coefficient (Wildman–Crippen LogP) is 5.11. The van der Waals surface area contributed by atoms with Crippen LogP contribution in [-0.2, 0) is 15.1 Å². The lowest BCUT2D eigenvalue weighted by Crippen LogP contribution is -2.45. The molecule has 2 N–H and O–H groups in total. The number of benzene rings is 2. The zero-order valence-corrected chi connectivity index (χ0v) is 21.0. The number of hydrogen-bond acceptors (Lipinski definition) is 4. The molecule has 0 aliphatic carbocycles. The van der Waals surface area contributed by atoms with Gasteiger partial charge in [-0.05, 0) is 63.3 Å². The first kappa shape index (κ1) is 25.9. The fraction of sp³-hybridized carbons (Fsp3) is 0.407. The van der Waals surface area contributed by atoms with Gasteiger partial charge in [0, 0.05) is 0 Å². The Morgan fingerprint density at radius 2 is 1.74 bits per heavy atom. The Balaban J connectivity index is 2.15. The number of aliphatic imine (C=N–C) groups is 1. The summed E-state index contributed by atoms with van der Waals surface area (Å²) in [5, 5.41) is 12.7. The molecule has 1 fully saturated rings. The molecule has 1 aliphatic rings. The first-order chi connectivity index (χ1) is 16.3. The summed E-state index contributed by atoms with van der Waals surface area (Å²) in [6, 6.07) is 15.1. The molecule has 2 amide bonds. The van der Waals surface area contributed by atoms with Crippen LogP contribution in [0.25, 0.3) is 0 Å². The maximum atomic E-state index is 14.2. The molecule has 1 aliphatic heterocycles. The first-order valence-electron chi connectivity index (χ1n) is 11.7. The largest absolute Gasteiger partial charge is 0.478 e. The highest BCUT2D eigenvalue weighted by atomic mass is 16.6. The summed E-state index contributed by atoms with van der Waals surface area (Å²) in [4.78, 5) is 44.0. The fourth-order valence-corrected chi connectivity index (χ4v) is 4.29. The van der Waals surface area contributed by atoms with E-state index in [0.717, 1.165) is 5.56 Å². The Bertz CT molecular complexity index is 1140. The van der Waals surface area contributed by atoms with E-state index in [9.17, 15) is 19.5 Å². The molecule has 186 valence electrons. The maximum Gasteiger partial charge on any atom is 0.437 e. The number of hydrogen-bond donors (Lipinski definition) is 2. The van der Waals surface area contributed by atoms with Crippen molar-refractivity contribution < 1.29 is 24.2 Å². The molecule has 0 radical (unpaired) electrons. The number of nitrogens with zero attached hydrogens (tertiary/aromatic N) is 2. The minimum atomic E-state index is -1.14. The maximum absolute atomic E-state index is 14.2. The van der Waals surface area contributed by atoms with Crippen molar-refractivity contribution in [2.75, 3.05) is 0 Å². The van der Waals surface area contributed by atoms with Crippen molar-refractivity contribution in [3.63, 3.8) is 0 Å². The van der Waals surface area contributed by atoms with Crippen LogP contribution < -0.4 is 5.32 Å². The van der Waals surface area contributed by atoms with Gasteiger partial charge < -0.3 is 15.2 Å². The van der Waals surface area contributed by atoms with Gasteiger partial charge in [-0.25, -0.2) is 9.59 Å². The van der Waals surface area contributed by atoms with Crippen molar-refractivity contribution in [2.45, 2.75) is 65.1 Å². The van der Waals surface area contributed by atoms with Gasteiger partial charge in [0.15, 0.2) is 0 Å². The van der Waals surface area contributed by atoms with Crippen LogP contribution in [0.4, 0.5) is 4.79 Å². The fourth-order valence-electron chi connectivity index (χ4n) is 4.29.